The Morgan fingerprint density at radius 1 is 1.50 bits per heavy atom. The van der Waals surface area contributed by atoms with Gasteiger partial charge in [-0.05, 0) is 32.9 Å². The zero-order valence-electron chi connectivity index (χ0n) is 11.3. The summed E-state index contributed by atoms with van der Waals surface area (Å²) >= 11 is 0. The third-order valence-electron chi connectivity index (χ3n) is 3.41. The molecule has 1 aliphatic heterocycles. The van der Waals surface area contributed by atoms with Gasteiger partial charge in [0.05, 0.1) is 6.54 Å². The minimum Gasteiger partial charge on any atom is -0.318 e. The summed E-state index contributed by atoms with van der Waals surface area (Å²) < 4.78 is 2.04. The lowest BCUT2D eigenvalue weighted by Gasteiger charge is -2.23. The molecular weight excluding hydrogens is 250 g/mol. The molecule has 0 amide bonds. The topological polar surface area (TPSA) is 46.0 Å². The number of aromatic nitrogens is 3. The van der Waals surface area contributed by atoms with Crippen molar-refractivity contribution in [2.24, 2.45) is 0 Å². The summed E-state index contributed by atoms with van der Waals surface area (Å²) in [5.74, 6) is 1.11. The molecule has 2 heterocycles. The first-order valence-electron chi connectivity index (χ1n) is 6.60. The van der Waals surface area contributed by atoms with Crippen LogP contribution in [-0.2, 0) is 13.1 Å². The summed E-state index contributed by atoms with van der Waals surface area (Å²) in [4.78, 5) is 6.90. The van der Waals surface area contributed by atoms with Crippen molar-refractivity contribution in [3.05, 3.63) is 12.2 Å². The first kappa shape index (κ1) is 15.4. The first-order chi connectivity index (χ1) is 8.35. The van der Waals surface area contributed by atoms with Gasteiger partial charge < -0.3 is 5.32 Å². The molecule has 2 rings (SSSR count). The SMILES string of the molecule is CCCn1ncnc1CN1CCCC1CNC.Cl. The van der Waals surface area contributed by atoms with Crippen LogP contribution >= 0.6 is 12.4 Å². The summed E-state index contributed by atoms with van der Waals surface area (Å²) in [6.07, 6.45) is 5.38. The van der Waals surface area contributed by atoms with Gasteiger partial charge in [0.2, 0.25) is 0 Å². The highest BCUT2D eigenvalue weighted by molar-refractivity contribution is 5.85. The van der Waals surface area contributed by atoms with Crippen molar-refractivity contribution in [1.82, 2.24) is 25.0 Å². The van der Waals surface area contributed by atoms with Crippen molar-refractivity contribution in [2.75, 3.05) is 20.1 Å². The number of likely N-dealkylation sites (tertiary alicyclic amines) is 1. The molecule has 5 nitrogen and oxygen atoms in total. The van der Waals surface area contributed by atoms with E-state index in [0.717, 1.165) is 31.9 Å². The second kappa shape index (κ2) is 7.71. The van der Waals surface area contributed by atoms with Crippen molar-refractivity contribution >= 4 is 12.4 Å². The third kappa shape index (κ3) is 3.67. The molecule has 1 atom stereocenters. The van der Waals surface area contributed by atoms with Crippen LogP contribution in [0.1, 0.15) is 32.0 Å². The number of likely N-dealkylation sites (N-methyl/N-ethyl adjacent to an activating group) is 1. The standard InChI is InChI=1S/C12H23N5.ClH/c1-3-6-17-12(14-10-15-17)9-16-7-4-5-11(16)8-13-2;/h10-11,13H,3-9H2,1-2H3;1H. The second-order valence-corrected chi connectivity index (χ2v) is 4.72. The van der Waals surface area contributed by atoms with Crippen LogP contribution in [0.4, 0.5) is 0 Å². The van der Waals surface area contributed by atoms with Crippen LogP contribution in [0.2, 0.25) is 0 Å². The van der Waals surface area contributed by atoms with Crippen molar-refractivity contribution in [1.29, 1.82) is 0 Å². The van der Waals surface area contributed by atoms with Gasteiger partial charge in [-0.2, -0.15) is 5.10 Å². The van der Waals surface area contributed by atoms with E-state index in [4.69, 9.17) is 0 Å². The largest absolute Gasteiger partial charge is 0.318 e. The normalized spacial score (nSPS) is 20.0. The van der Waals surface area contributed by atoms with Crippen LogP contribution in [0.15, 0.2) is 6.33 Å². The van der Waals surface area contributed by atoms with Crippen molar-refractivity contribution < 1.29 is 0 Å². The molecule has 0 aliphatic carbocycles. The molecule has 0 bridgehead atoms. The second-order valence-electron chi connectivity index (χ2n) is 4.72. The summed E-state index contributed by atoms with van der Waals surface area (Å²) in [6, 6.07) is 0.659. The quantitative estimate of drug-likeness (QED) is 0.849. The van der Waals surface area contributed by atoms with Crippen molar-refractivity contribution in [3.8, 4) is 0 Å². The number of nitrogens with zero attached hydrogens (tertiary/aromatic N) is 4. The van der Waals surface area contributed by atoms with Gasteiger partial charge in [-0.1, -0.05) is 6.92 Å². The number of hydrogen-bond acceptors (Lipinski definition) is 4. The molecule has 0 spiro atoms. The van der Waals surface area contributed by atoms with Crippen LogP contribution in [0, 0.1) is 0 Å². The fraction of sp³-hybridized carbons (Fsp3) is 0.833. The lowest BCUT2D eigenvalue weighted by molar-refractivity contribution is 0.232. The molecule has 1 N–H and O–H groups in total. The highest BCUT2D eigenvalue weighted by atomic mass is 35.5. The lowest BCUT2D eigenvalue weighted by Crippen LogP contribution is -2.37. The molecule has 104 valence electrons. The Morgan fingerprint density at radius 3 is 3.06 bits per heavy atom. The molecule has 1 fully saturated rings. The zero-order valence-corrected chi connectivity index (χ0v) is 12.1. The summed E-state index contributed by atoms with van der Waals surface area (Å²) in [5, 5.41) is 7.56. The Kier molecular flexibility index (Phi) is 6.60. The minimum absolute atomic E-state index is 0. The fourth-order valence-electron chi connectivity index (χ4n) is 2.56. The van der Waals surface area contributed by atoms with E-state index in [1.165, 1.54) is 19.4 Å². The maximum absolute atomic E-state index is 4.38. The molecule has 1 unspecified atom stereocenters. The Labute approximate surface area is 115 Å². The molecule has 6 heteroatoms. The first-order valence-corrected chi connectivity index (χ1v) is 6.60. The summed E-state index contributed by atoms with van der Waals surface area (Å²) in [5.41, 5.74) is 0. The highest BCUT2D eigenvalue weighted by Crippen LogP contribution is 2.18. The molecule has 0 aromatic carbocycles. The number of hydrogen-bond donors (Lipinski definition) is 1. The highest BCUT2D eigenvalue weighted by Gasteiger charge is 2.24. The van der Waals surface area contributed by atoms with Crippen LogP contribution in [0.3, 0.4) is 0 Å². The van der Waals surface area contributed by atoms with E-state index < -0.39 is 0 Å². The van der Waals surface area contributed by atoms with E-state index in [-0.39, 0.29) is 12.4 Å². The monoisotopic (exact) mass is 273 g/mol. The fourth-order valence-corrected chi connectivity index (χ4v) is 2.56. The molecule has 0 saturated carbocycles. The van der Waals surface area contributed by atoms with Gasteiger partial charge in [-0.15, -0.1) is 12.4 Å². The molecular formula is C12H24ClN5. The molecule has 1 aromatic heterocycles. The number of nitrogens with one attached hydrogen (secondary N) is 1. The third-order valence-corrected chi connectivity index (χ3v) is 3.41. The Morgan fingerprint density at radius 2 is 2.33 bits per heavy atom. The van der Waals surface area contributed by atoms with Crippen LogP contribution in [0.5, 0.6) is 0 Å². The van der Waals surface area contributed by atoms with Crippen LogP contribution in [0.25, 0.3) is 0 Å². The predicted molar refractivity (Wildman–Crippen MR) is 74.9 cm³/mol. The van der Waals surface area contributed by atoms with Gasteiger partial charge in [0.25, 0.3) is 0 Å². The van der Waals surface area contributed by atoms with Gasteiger partial charge >= 0.3 is 0 Å². The van der Waals surface area contributed by atoms with E-state index in [0.29, 0.717) is 6.04 Å². The van der Waals surface area contributed by atoms with Crippen molar-refractivity contribution in [2.45, 2.75) is 45.3 Å². The lowest BCUT2D eigenvalue weighted by atomic mass is 10.2. The van der Waals surface area contributed by atoms with E-state index in [1.807, 2.05) is 11.7 Å². The maximum Gasteiger partial charge on any atom is 0.141 e. The average Bonchev–Trinajstić information content (AvgIpc) is 2.92. The van der Waals surface area contributed by atoms with E-state index >= 15 is 0 Å². The number of aryl methyl sites for hydroxylation is 1. The molecule has 1 aliphatic rings. The van der Waals surface area contributed by atoms with Gasteiger partial charge in [0.1, 0.15) is 12.2 Å². The Bertz CT molecular complexity index is 341. The van der Waals surface area contributed by atoms with E-state index in [9.17, 15) is 0 Å². The number of halogens is 1. The summed E-state index contributed by atoms with van der Waals surface area (Å²) in [6.45, 7) is 6.34. The van der Waals surface area contributed by atoms with Gasteiger partial charge in [-0.3, -0.25) is 4.90 Å². The average molecular weight is 274 g/mol. The van der Waals surface area contributed by atoms with Crippen LogP contribution < -0.4 is 5.32 Å². The molecule has 1 aromatic rings. The van der Waals surface area contributed by atoms with Crippen molar-refractivity contribution in [3.63, 3.8) is 0 Å². The van der Waals surface area contributed by atoms with Gasteiger partial charge in [0, 0.05) is 19.1 Å². The van der Waals surface area contributed by atoms with E-state index in [1.54, 1.807) is 6.33 Å². The van der Waals surface area contributed by atoms with Gasteiger partial charge in [0.15, 0.2) is 0 Å². The Hall–Kier alpha value is -0.650. The predicted octanol–water partition coefficient (Wildman–Crippen LogP) is 1.29. The smallest absolute Gasteiger partial charge is 0.141 e. The molecule has 1 saturated heterocycles. The van der Waals surface area contributed by atoms with E-state index in [2.05, 4.69) is 27.2 Å². The zero-order chi connectivity index (χ0) is 12.1. The minimum atomic E-state index is 0. The molecule has 18 heavy (non-hydrogen) atoms. The van der Waals surface area contributed by atoms with Gasteiger partial charge in [-0.25, -0.2) is 9.67 Å². The Balaban J connectivity index is 0.00000162. The summed E-state index contributed by atoms with van der Waals surface area (Å²) in [7, 11) is 2.02. The maximum atomic E-state index is 4.38. The number of rotatable bonds is 6. The molecule has 0 radical (unpaired) electrons. The van der Waals surface area contributed by atoms with Crippen LogP contribution in [-0.4, -0.2) is 45.8 Å².